The van der Waals surface area contributed by atoms with E-state index in [4.69, 9.17) is 5.73 Å². The monoisotopic (exact) mass is 280 g/mol. The molecule has 1 aromatic rings. The highest BCUT2D eigenvalue weighted by atomic mass is 15.2. The zero-order valence-corrected chi connectivity index (χ0v) is 12.9. The van der Waals surface area contributed by atoms with Crippen molar-refractivity contribution in [2.75, 3.05) is 49.1 Å². The molecule has 0 aliphatic heterocycles. The van der Waals surface area contributed by atoms with Crippen LogP contribution in [0.2, 0.25) is 0 Å². The molecule has 1 aromatic heterocycles. The highest BCUT2D eigenvalue weighted by molar-refractivity contribution is 5.50. The molecule has 0 saturated heterocycles. The number of nitrogens with two attached hydrogens (primary N) is 1. The molecule has 1 rings (SSSR count). The molecule has 0 radical (unpaired) electrons. The Morgan fingerprint density at radius 3 is 2.20 bits per heavy atom. The number of nitrogens with zero attached hydrogens (tertiary/aromatic N) is 3. The summed E-state index contributed by atoms with van der Waals surface area (Å²) >= 11 is 0. The number of hydrogen-bond acceptors (Lipinski definition) is 6. The molecule has 0 atom stereocenters. The van der Waals surface area contributed by atoms with Gasteiger partial charge >= 0.3 is 0 Å². The summed E-state index contributed by atoms with van der Waals surface area (Å²) in [5, 5.41) is 6.54. The topological polar surface area (TPSA) is 79.1 Å². The predicted molar refractivity (Wildman–Crippen MR) is 86.1 cm³/mol. The molecule has 114 valence electrons. The maximum Gasteiger partial charge on any atom is 0.223 e. The van der Waals surface area contributed by atoms with Crippen LogP contribution in [0, 0.1) is 0 Å². The average molecular weight is 280 g/mol. The van der Waals surface area contributed by atoms with Crippen LogP contribution in [-0.2, 0) is 0 Å². The van der Waals surface area contributed by atoms with Gasteiger partial charge in [-0.15, -0.1) is 0 Å². The summed E-state index contributed by atoms with van der Waals surface area (Å²) in [4.78, 5) is 10.8. The van der Waals surface area contributed by atoms with E-state index in [1.54, 1.807) is 0 Å². The highest BCUT2D eigenvalue weighted by Gasteiger charge is 2.03. The second-order valence-corrected chi connectivity index (χ2v) is 4.78. The molecule has 6 heteroatoms. The minimum absolute atomic E-state index is 0.300. The Labute approximate surface area is 122 Å². The summed E-state index contributed by atoms with van der Waals surface area (Å²) in [6.07, 6.45) is 2.23. The standard InChI is InChI=1S/C14H28N6/c1-4-7-16-12-11-13(19-14(15)18-12)17-8-10-20(6-3)9-5-2/h11H,4-10H2,1-3H3,(H4,15,16,17,18,19). The van der Waals surface area contributed by atoms with Crippen molar-refractivity contribution < 1.29 is 0 Å². The van der Waals surface area contributed by atoms with E-state index < -0.39 is 0 Å². The molecule has 20 heavy (non-hydrogen) atoms. The van der Waals surface area contributed by atoms with Crippen molar-refractivity contribution >= 4 is 17.6 Å². The minimum atomic E-state index is 0.300. The molecule has 1 heterocycles. The molecule has 0 unspecified atom stereocenters. The fraction of sp³-hybridized carbons (Fsp3) is 0.714. The van der Waals surface area contributed by atoms with E-state index in [2.05, 4.69) is 46.3 Å². The summed E-state index contributed by atoms with van der Waals surface area (Å²) in [6, 6.07) is 1.90. The van der Waals surface area contributed by atoms with Crippen LogP contribution in [0.3, 0.4) is 0 Å². The Morgan fingerprint density at radius 2 is 1.65 bits per heavy atom. The van der Waals surface area contributed by atoms with Gasteiger partial charge in [0.1, 0.15) is 11.6 Å². The Hall–Kier alpha value is -1.56. The lowest BCUT2D eigenvalue weighted by Crippen LogP contribution is -2.29. The van der Waals surface area contributed by atoms with Crippen LogP contribution in [0.1, 0.15) is 33.6 Å². The molecule has 4 N–H and O–H groups in total. The molecule has 0 aliphatic rings. The van der Waals surface area contributed by atoms with Gasteiger partial charge in [-0.25, -0.2) is 0 Å². The predicted octanol–water partition coefficient (Wildman–Crippen LogP) is 2.02. The van der Waals surface area contributed by atoms with E-state index >= 15 is 0 Å². The number of anilines is 3. The SMILES string of the molecule is CCCNc1cc(NCCN(CC)CCC)nc(N)n1. The fourth-order valence-corrected chi connectivity index (χ4v) is 1.99. The molecule has 0 saturated carbocycles. The summed E-state index contributed by atoms with van der Waals surface area (Å²) in [6.45, 7) is 11.5. The van der Waals surface area contributed by atoms with Gasteiger partial charge in [0, 0.05) is 25.7 Å². The largest absolute Gasteiger partial charge is 0.370 e. The van der Waals surface area contributed by atoms with Crippen LogP contribution in [-0.4, -0.2) is 47.6 Å². The second kappa shape index (κ2) is 9.36. The zero-order valence-electron chi connectivity index (χ0n) is 12.9. The van der Waals surface area contributed by atoms with Crippen LogP contribution >= 0.6 is 0 Å². The molecule has 0 fully saturated rings. The highest BCUT2D eigenvalue weighted by Crippen LogP contribution is 2.12. The summed E-state index contributed by atoms with van der Waals surface area (Å²) in [5.41, 5.74) is 5.72. The van der Waals surface area contributed by atoms with Crippen LogP contribution in [0.15, 0.2) is 6.07 Å². The van der Waals surface area contributed by atoms with Gasteiger partial charge in [0.2, 0.25) is 5.95 Å². The van der Waals surface area contributed by atoms with Crippen molar-refractivity contribution in [3.63, 3.8) is 0 Å². The Bertz CT molecular complexity index is 382. The van der Waals surface area contributed by atoms with E-state index in [0.29, 0.717) is 5.95 Å². The third kappa shape index (κ3) is 6.06. The van der Waals surface area contributed by atoms with Crippen LogP contribution < -0.4 is 16.4 Å². The van der Waals surface area contributed by atoms with Gasteiger partial charge in [-0.2, -0.15) is 9.97 Å². The summed E-state index contributed by atoms with van der Waals surface area (Å²) < 4.78 is 0. The van der Waals surface area contributed by atoms with Crippen LogP contribution in [0.25, 0.3) is 0 Å². The van der Waals surface area contributed by atoms with Gasteiger partial charge in [-0.1, -0.05) is 20.8 Å². The van der Waals surface area contributed by atoms with Gasteiger partial charge in [0.15, 0.2) is 0 Å². The van der Waals surface area contributed by atoms with Crippen molar-refractivity contribution in [1.29, 1.82) is 0 Å². The molecular weight excluding hydrogens is 252 g/mol. The lowest BCUT2D eigenvalue weighted by Gasteiger charge is -2.19. The van der Waals surface area contributed by atoms with E-state index in [1.807, 2.05) is 6.07 Å². The lowest BCUT2D eigenvalue weighted by atomic mass is 10.4. The third-order valence-electron chi connectivity index (χ3n) is 3.02. The number of nitrogen functional groups attached to an aromatic ring is 1. The van der Waals surface area contributed by atoms with Crippen molar-refractivity contribution in [1.82, 2.24) is 14.9 Å². The smallest absolute Gasteiger partial charge is 0.223 e. The maximum absolute atomic E-state index is 5.72. The molecule has 0 bridgehead atoms. The normalized spacial score (nSPS) is 10.8. The summed E-state index contributed by atoms with van der Waals surface area (Å²) in [5.74, 6) is 1.86. The van der Waals surface area contributed by atoms with Gasteiger partial charge in [-0.05, 0) is 25.9 Å². The number of rotatable bonds is 10. The van der Waals surface area contributed by atoms with Gasteiger partial charge < -0.3 is 21.3 Å². The van der Waals surface area contributed by atoms with Crippen molar-refractivity contribution in [2.45, 2.75) is 33.6 Å². The Morgan fingerprint density at radius 1 is 1.00 bits per heavy atom. The molecule has 6 nitrogen and oxygen atoms in total. The Kier molecular flexibility index (Phi) is 7.72. The van der Waals surface area contributed by atoms with Crippen molar-refractivity contribution in [3.8, 4) is 0 Å². The van der Waals surface area contributed by atoms with Gasteiger partial charge in [0.25, 0.3) is 0 Å². The van der Waals surface area contributed by atoms with Crippen LogP contribution in [0.5, 0.6) is 0 Å². The Balaban J connectivity index is 2.48. The summed E-state index contributed by atoms with van der Waals surface area (Å²) in [7, 11) is 0. The lowest BCUT2D eigenvalue weighted by molar-refractivity contribution is 0.300. The zero-order chi connectivity index (χ0) is 14.8. The average Bonchev–Trinajstić information content (AvgIpc) is 2.43. The van der Waals surface area contributed by atoms with Crippen molar-refractivity contribution in [3.05, 3.63) is 6.07 Å². The second-order valence-electron chi connectivity index (χ2n) is 4.78. The number of likely N-dealkylation sites (N-methyl/N-ethyl adjacent to an activating group) is 1. The number of nitrogens with one attached hydrogen (secondary N) is 2. The molecule has 0 spiro atoms. The first kappa shape index (κ1) is 16.5. The number of aromatic nitrogens is 2. The fourth-order valence-electron chi connectivity index (χ4n) is 1.99. The van der Waals surface area contributed by atoms with E-state index in [-0.39, 0.29) is 0 Å². The quantitative estimate of drug-likeness (QED) is 0.608. The van der Waals surface area contributed by atoms with Crippen LogP contribution in [0.4, 0.5) is 17.6 Å². The molecular formula is C14H28N6. The van der Waals surface area contributed by atoms with Crippen molar-refractivity contribution in [2.24, 2.45) is 0 Å². The van der Waals surface area contributed by atoms with E-state index in [1.165, 1.54) is 6.42 Å². The third-order valence-corrected chi connectivity index (χ3v) is 3.02. The van der Waals surface area contributed by atoms with Gasteiger partial charge in [0.05, 0.1) is 0 Å². The van der Waals surface area contributed by atoms with E-state index in [9.17, 15) is 0 Å². The first-order chi connectivity index (χ1) is 9.69. The number of hydrogen-bond donors (Lipinski definition) is 3. The van der Waals surface area contributed by atoms with Gasteiger partial charge in [-0.3, -0.25) is 0 Å². The molecule has 0 aromatic carbocycles. The first-order valence-corrected chi connectivity index (χ1v) is 7.54. The maximum atomic E-state index is 5.72. The first-order valence-electron chi connectivity index (χ1n) is 7.54. The molecule has 0 aliphatic carbocycles. The minimum Gasteiger partial charge on any atom is -0.370 e. The molecule has 0 amide bonds. The van der Waals surface area contributed by atoms with E-state index in [0.717, 1.165) is 50.8 Å².